The van der Waals surface area contributed by atoms with E-state index in [1.807, 2.05) is 53.4 Å². The second-order valence-electron chi connectivity index (χ2n) is 8.35. The van der Waals surface area contributed by atoms with Gasteiger partial charge in [0.1, 0.15) is 5.52 Å². The molecule has 0 aliphatic rings. The highest BCUT2D eigenvalue weighted by Gasteiger charge is 2.14. The van der Waals surface area contributed by atoms with E-state index in [1.165, 1.54) is 22.9 Å². The van der Waals surface area contributed by atoms with Crippen LogP contribution in [0.15, 0.2) is 60.0 Å². The average Bonchev–Trinajstić information content (AvgIpc) is 3.37. The van der Waals surface area contributed by atoms with Crippen LogP contribution in [0.3, 0.4) is 0 Å². The second kappa shape index (κ2) is 8.37. The summed E-state index contributed by atoms with van der Waals surface area (Å²) in [5, 5.41) is 17.0. The molecule has 0 saturated carbocycles. The zero-order valence-corrected chi connectivity index (χ0v) is 19.8. The highest BCUT2D eigenvalue weighted by atomic mass is 32.2. The van der Waals surface area contributed by atoms with Crippen molar-refractivity contribution in [1.82, 2.24) is 24.2 Å². The van der Waals surface area contributed by atoms with Gasteiger partial charge in [-0.1, -0.05) is 30.0 Å². The maximum atomic E-state index is 12.5. The van der Waals surface area contributed by atoms with Crippen molar-refractivity contribution in [3.63, 3.8) is 0 Å². The summed E-state index contributed by atoms with van der Waals surface area (Å²) in [5.74, 6) is 0.163. The molecular formula is C25H24N6OS. The molecule has 1 amide bonds. The van der Waals surface area contributed by atoms with Crippen LogP contribution in [0, 0.1) is 27.7 Å². The first kappa shape index (κ1) is 21.2. The Morgan fingerprint density at radius 1 is 0.939 bits per heavy atom. The van der Waals surface area contributed by atoms with Crippen LogP contribution in [-0.2, 0) is 4.79 Å². The van der Waals surface area contributed by atoms with E-state index in [0.29, 0.717) is 10.8 Å². The van der Waals surface area contributed by atoms with Crippen molar-refractivity contribution in [3.8, 4) is 11.3 Å². The molecule has 7 nitrogen and oxygen atoms in total. The third-order valence-electron chi connectivity index (χ3n) is 5.63. The van der Waals surface area contributed by atoms with Crippen LogP contribution in [0.25, 0.3) is 22.4 Å². The number of carbonyl (C=O) groups is 1. The van der Waals surface area contributed by atoms with Crippen LogP contribution < -0.4 is 5.32 Å². The zero-order chi connectivity index (χ0) is 23.1. The van der Waals surface area contributed by atoms with Crippen molar-refractivity contribution in [3.05, 3.63) is 77.1 Å². The number of aryl methyl sites for hydroxylation is 4. The molecule has 5 aromatic rings. The van der Waals surface area contributed by atoms with Gasteiger partial charge in [0.2, 0.25) is 5.91 Å². The summed E-state index contributed by atoms with van der Waals surface area (Å²) in [6, 6.07) is 14.4. The zero-order valence-electron chi connectivity index (χ0n) is 19.0. The highest BCUT2D eigenvalue weighted by Crippen LogP contribution is 2.25. The maximum Gasteiger partial charge on any atom is 0.234 e. The molecule has 8 heteroatoms. The van der Waals surface area contributed by atoms with Crippen LogP contribution in [0.5, 0.6) is 0 Å². The third kappa shape index (κ3) is 4.21. The molecule has 3 heterocycles. The number of fused-ring (bicyclic) bond motifs is 3. The van der Waals surface area contributed by atoms with Gasteiger partial charge in [-0.05, 0) is 74.2 Å². The minimum absolute atomic E-state index is 0.0794. The minimum atomic E-state index is -0.0794. The largest absolute Gasteiger partial charge is 0.325 e. The normalized spacial score (nSPS) is 11.4. The first-order valence-corrected chi connectivity index (χ1v) is 11.7. The van der Waals surface area contributed by atoms with Gasteiger partial charge in [0.25, 0.3) is 0 Å². The van der Waals surface area contributed by atoms with Crippen LogP contribution >= 0.6 is 11.8 Å². The number of carbonyl (C=O) groups excluding carboxylic acids is 1. The van der Waals surface area contributed by atoms with Crippen LogP contribution in [-0.4, -0.2) is 35.9 Å². The van der Waals surface area contributed by atoms with E-state index in [4.69, 9.17) is 5.10 Å². The molecule has 0 atom stereocenters. The molecule has 0 aliphatic carbocycles. The fourth-order valence-corrected chi connectivity index (χ4v) is 4.62. The lowest BCUT2D eigenvalue weighted by Crippen LogP contribution is -2.14. The lowest BCUT2D eigenvalue weighted by atomic mass is 10.0. The van der Waals surface area contributed by atoms with Crippen molar-refractivity contribution in [1.29, 1.82) is 0 Å². The summed E-state index contributed by atoms with van der Waals surface area (Å²) >= 11 is 1.36. The number of rotatable bonds is 5. The summed E-state index contributed by atoms with van der Waals surface area (Å²) in [6.45, 7) is 8.24. The molecule has 166 valence electrons. The van der Waals surface area contributed by atoms with E-state index >= 15 is 0 Å². The Labute approximate surface area is 195 Å². The van der Waals surface area contributed by atoms with Gasteiger partial charge in [-0.3, -0.25) is 9.20 Å². The summed E-state index contributed by atoms with van der Waals surface area (Å²) in [7, 11) is 0. The monoisotopic (exact) mass is 456 g/mol. The molecule has 1 N–H and O–H groups in total. The number of anilines is 1. The van der Waals surface area contributed by atoms with Crippen molar-refractivity contribution < 1.29 is 4.79 Å². The molecule has 3 aromatic heterocycles. The Morgan fingerprint density at radius 3 is 2.48 bits per heavy atom. The fourth-order valence-electron chi connectivity index (χ4n) is 3.91. The van der Waals surface area contributed by atoms with Gasteiger partial charge in [-0.2, -0.15) is 5.10 Å². The number of hydrogen-bond acceptors (Lipinski definition) is 5. The Kier molecular flexibility index (Phi) is 5.38. The Morgan fingerprint density at radius 2 is 1.73 bits per heavy atom. The standard InChI is InChI=1S/C25H24N6OS/c1-15-9-16(2)11-20(10-15)26-23(32)14-33-25-28-27-24-22-13-21(29-31(22)8-7-30(24)25)19-6-5-17(3)18(4)12-19/h5-13H,14H2,1-4H3,(H,26,32). The summed E-state index contributed by atoms with van der Waals surface area (Å²) in [6.07, 6.45) is 3.76. The topological polar surface area (TPSA) is 76.6 Å². The van der Waals surface area contributed by atoms with Crippen LogP contribution in [0.1, 0.15) is 22.3 Å². The fraction of sp³-hybridized carbons (Fsp3) is 0.200. The summed E-state index contributed by atoms with van der Waals surface area (Å²) in [5.41, 5.74) is 9.05. The number of amides is 1. The Balaban J connectivity index is 1.37. The molecule has 2 aromatic carbocycles. The first-order chi connectivity index (χ1) is 15.9. The van der Waals surface area contributed by atoms with Gasteiger partial charge < -0.3 is 5.32 Å². The molecule has 0 fully saturated rings. The SMILES string of the molecule is Cc1cc(C)cc(NC(=O)CSc2nnc3c4cc(-c5ccc(C)c(C)c5)nn4ccn23)c1. The van der Waals surface area contributed by atoms with Crippen molar-refractivity contribution >= 4 is 34.5 Å². The van der Waals surface area contributed by atoms with E-state index < -0.39 is 0 Å². The average molecular weight is 457 g/mol. The van der Waals surface area contributed by atoms with Crippen LogP contribution in [0.4, 0.5) is 5.69 Å². The lowest BCUT2D eigenvalue weighted by Gasteiger charge is -2.07. The van der Waals surface area contributed by atoms with Gasteiger partial charge in [-0.15, -0.1) is 10.2 Å². The van der Waals surface area contributed by atoms with Crippen molar-refractivity contribution in [2.45, 2.75) is 32.9 Å². The van der Waals surface area contributed by atoms with Gasteiger partial charge in [0.05, 0.1) is 11.4 Å². The Bertz CT molecular complexity index is 1500. The molecule has 0 unspecified atom stereocenters. The van der Waals surface area contributed by atoms with Crippen LogP contribution in [0.2, 0.25) is 0 Å². The number of nitrogens with zero attached hydrogens (tertiary/aromatic N) is 5. The summed E-state index contributed by atoms with van der Waals surface area (Å²) in [4.78, 5) is 12.5. The van der Waals surface area contributed by atoms with E-state index in [2.05, 4.69) is 53.6 Å². The van der Waals surface area contributed by atoms with Gasteiger partial charge in [0, 0.05) is 23.6 Å². The summed E-state index contributed by atoms with van der Waals surface area (Å²) < 4.78 is 3.71. The third-order valence-corrected chi connectivity index (χ3v) is 6.57. The van der Waals surface area contributed by atoms with E-state index in [1.54, 1.807) is 0 Å². The van der Waals surface area contributed by atoms with Crippen molar-refractivity contribution in [2.24, 2.45) is 0 Å². The maximum absolute atomic E-state index is 12.5. The van der Waals surface area contributed by atoms with Crippen molar-refractivity contribution in [2.75, 3.05) is 11.1 Å². The second-order valence-corrected chi connectivity index (χ2v) is 9.29. The number of benzene rings is 2. The molecule has 0 spiro atoms. The van der Waals surface area contributed by atoms with Gasteiger partial charge >= 0.3 is 0 Å². The predicted molar refractivity (Wildman–Crippen MR) is 132 cm³/mol. The quantitative estimate of drug-likeness (QED) is 0.376. The minimum Gasteiger partial charge on any atom is -0.325 e. The molecule has 0 aliphatic heterocycles. The van der Waals surface area contributed by atoms with Gasteiger partial charge in [-0.25, -0.2) is 4.52 Å². The smallest absolute Gasteiger partial charge is 0.234 e. The number of thioether (sulfide) groups is 1. The molecule has 0 radical (unpaired) electrons. The number of aromatic nitrogens is 5. The molecule has 0 saturated heterocycles. The number of hydrogen-bond donors (Lipinski definition) is 1. The molecule has 5 rings (SSSR count). The molecular weight excluding hydrogens is 432 g/mol. The molecule has 33 heavy (non-hydrogen) atoms. The first-order valence-electron chi connectivity index (χ1n) is 10.7. The van der Waals surface area contributed by atoms with E-state index in [0.717, 1.165) is 33.6 Å². The Hall–Kier alpha value is -3.65. The van der Waals surface area contributed by atoms with E-state index in [9.17, 15) is 4.79 Å². The van der Waals surface area contributed by atoms with E-state index in [-0.39, 0.29) is 11.7 Å². The lowest BCUT2D eigenvalue weighted by molar-refractivity contribution is -0.113. The number of nitrogens with one attached hydrogen (secondary N) is 1. The predicted octanol–water partition coefficient (Wildman–Crippen LogP) is 5.01. The molecule has 0 bridgehead atoms. The van der Waals surface area contributed by atoms with Gasteiger partial charge in [0.15, 0.2) is 10.8 Å². The highest BCUT2D eigenvalue weighted by molar-refractivity contribution is 7.99.